The Morgan fingerprint density at radius 3 is 2.71 bits per heavy atom. The van der Waals surface area contributed by atoms with Crippen LogP contribution in [0, 0.1) is 17.6 Å². The minimum atomic E-state index is -0.590. The molecule has 1 aromatic rings. The van der Waals surface area contributed by atoms with Crippen molar-refractivity contribution in [3.8, 4) is 0 Å². The van der Waals surface area contributed by atoms with Gasteiger partial charge in [0.05, 0.1) is 11.8 Å². The molecule has 0 radical (unpaired) electrons. The summed E-state index contributed by atoms with van der Waals surface area (Å²) < 4.78 is 32.0. The normalized spacial score (nSPS) is 17.2. The van der Waals surface area contributed by atoms with Gasteiger partial charge in [-0.1, -0.05) is 11.6 Å². The maximum absolute atomic E-state index is 13.8. The lowest BCUT2D eigenvalue weighted by Crippen LogP contribution is -2.26. The third-order valence-electron chi connectivity index (χ3n) is 2.92. The zero-order valence-electron chi connectivity index (χ0n) is 9.47. The Labute approximate surface area is 104 Å². The minimum absolute atomic E-state index is 0.187. The number of nitrogens with one attached hydrogen (secondary N) is 1. The molecule has 0 heterocycles. The van der Waals surface area contributed by atoms with Crippen molar-refractivity contribution in [2.75, 3.05) is 13.8 Å². The fourth-order valence-electron chi connectivity index (χ4n) is 1.91. The summed E-state index contributed by atoms with van der Waals surface area (Å²) >= 11 is 5.53. The van der Waals surface area contributed by atoms with Crippen molar-refractivity contribution < 1.29 is 13.5 Å². The second-order valence-corrected chi connectivity index (χ2v) is 4.65. The van der Waals surface area contributed by atoms with Gasteiger partial charge in [-0.25, -0.2) is 8.78 Å². The van der Waals surface area contributed by atoms with E-state index in [1.54, 1.807) is 7.11 Å². The Morgan fingerprint density at radius 1 is 1.41 bits per heavy atom. The number of ether oxygens (including phenoxy) is 1. The highest BCUT2D eigenvalue weighted by Crippen LogP contribution is 2.42. The van der Waals surface area contributed by atoms with E-state index >= 15 is 0 Å². The molecule has 1 aromatic carbocycles. The van der Waals surface area contributed by atoms with Gasteiger partial charge in [0.2, 0.25) is 0 Å². The van der Waals surface area contributed by atoms with Crippen LogP contribution in [0.3, 0.4) is 0 Å². The van der Waals surface area contributed by atoms with E-state index in [0.717, 1.165) is 18.9 Å². The Hall–Kier alpha value is -0.710. The fourth-order valence-corrected chi connectivity index (χ4v) is 2.06. The van der Waals surface area contributed by atoms with Gasteiger partial charge in [-0.15, -0.1) is 0 Å². The molecule has 1 aliphatic carbocycles. The highest BCUT2D eigenvalue weighted by atomic mass is 35.5. The molecule has 1 saturated carbocycles. The second-order valence-electron chi connectivity index (χ2n) is 4.24. The first kappa shape index (κ1) is 12.7. The van der Waals surface area contributed by atoms with Crippen molar-refractivity contribution >= 4 is 11.6 Å². The molecule has 0 aliphatic heterocycles. The third-order valence-corrected chi connectivity index (χ3v) is 3.21. The fraction of sp³-hybridized carbons (Fsp3) is 0.500. The average molecular weight is 262 g/mol. The summed E-state index contributed by atoms with van der Waals surface area (Å²) in [5.41, 5.74) is 0.325. The molecule has 0 spiro atoms. The van der Waals surface area contributed by atoms with E-state index in [0.29, 0.717) is 18.2 Å². The number of hydrogen-bond donors (Lipinski definition) is 1. The summed E-state index contributed by atoms with van der Waals surface area (Å²) in [5.74, 6) is -0.718. The molecular formula is C12H14ClF2NO. The highest BCUT2D eigenvalue weighted by molar-refractivity contribution is 6.30. The lowest BCUT2D eigenvalue weighted by Gasteiger charge is -2.19. The van der Waals surface area contributed by atoms with E-state index in [1.807, 2.05) is 0 Å². The van der Waals surface area contributed by atoms with E-state index in [1.165, 1.54) is 6.07 Å². The van der Waals surface area contributed by atoms with E-state index < -0.39 is 11.6 Å². The summed E-state index contributed by atoms with van der Waals surface area (Å²) in [7, 11) is 1.55. The predicted octanol–water partition coefficient (Wildman–Crippen LogP) is 3.26. The smallest absolute Gasteiger partial charge is 0.142 e. The molecule has 17 heavy (non-hydrogen) atoms. The van der Waals surface area contributed by atoms with Crippen LogP contribution in [0.5, 0.6) is 0 Å². The predicted molar refractivity (Wildman–Crippen MR) is 61.8 cm³/mol. The molecule has 1 atom stereocenters. The maximum atomic E-state index is 13.8. The van der Waals surface area contributed by atoms with Crippen LogP contribution >= 0.6 is 11.6 Å². The molecule has 0 aromatic heterocycles. The zero-order chi connectivity index (χ0) is 12.4. The topological polar surface area (TPSA) is 21.3 Å². The second kappa shape index (κ2) is 5.29. The molecule has 1 fully saturated rings. The van der Waals surface area contributed by atoms with E-state index in [2.05, 4.69) is 5.32 Å². The summed E-state index contributed by atoms with van der Waals surface area (Å²) in [6, 6.07) is 1.99. The van der Waals surface area contributed by atoms with Crippen LogP contribution in [-0.2, 0) is 4.74 Å². The standard InChI is InChI=1S/C12H14ClF2NO/c1-17-6-16-12(7-2-3-7)8-4-11(15)9(13)5-10(8)14/h4-5,7,12,16H,2-3,6H2,1H3/t12-/m1/s1. The molecule has 5 heteroatoms. The number of methoxy groups -OCH3 is 1. The van der Waals surface area contributed by atoms with Gasteiger partial charge in [-0.3, -0.25) is 5.32 Å². The van der Waals surface area contributed by atoms with Crippen molar-refractivity contribution in [2.24, 2.45) is 5.92 Å². The number of rotatable bonds is 5. The molecule has 94 valence electrons. The molecule has 0 amide bonds. The SMILES string of the molecule is COCN[C@@H](c1cc(F)c(Cl)cc1F)C1CC1. The van der Waals surface area contributed by atoms with Crippen molar-refractivity contribution in [1.29, 1.82) is 0 Å². The minimum Gasteiger partial charge on any atom is -0.370 e. The lowest BCUT2D eigenvalue weighted by molar-refractivity contribution is 0.158. The van der Waals surface area contributed by atoms with Crippen LogP contribution < -0.4 is 5.32 Å². The van der Waals surface area contributed by atoms with Crippen molar-refractivity contribution in [3.05, 3.63) is 34.4 Å². The summed E-state index contributed by atoms with van der Waals surface area (Å²) in [6.07, 6.45) is 2.04. The quantitative estimate of drug-likeness (QED) is 0.649. The van der Waals surface area contributed by atoms with Crippen molar-refractivity contribution in [2.45, 2.75) is 18.9 Å². The monoisotopic (exact) mass is 261 g/mol. The van der Waals surface area contributed by atoms with Crippen LogP contribution in [0.2, 0.25) is 5.02 Å². The van der Waals surface area contributed by atoms with E-state index in [-0.39, 0.29) is 11.1 Å². The Bertz CT molecular complexity index is 410. The van der Waals surface area contributed by atoms with E-state index in [9.17, 15) is 8.78 Å². The first-order chi connectivity index (χ1) is 8.13. The Balaban J connectivity index is 2.25. The molecule has 1 aliphatic rings. The van der Waals surface area contributed by atoms with Crippen molar-refractivity contribution in [1.82, 2.24) is 5.32 Å². The summed E-state index contributed by atoms with van der Waals surface area (Å²) in [6.45, 7) is 0.310. The van der Waals surface area contributed by atoms with Gasteiger partial charge in [-0.05, 0) is 30.9 Å². The molecule has 2 nitrogen and oxygen atoms in total. The average Bonchev–Trinajstić information content (AvgIpc) is 3.10. The maximum Gasteiger partial charge on any atom is 0.142 e. The highest BCUT2D eigenvalue weighted by Gasteiger charge is 2.34. The number of hydrogen-bond acceptors (Lipinski definition) is 2. The van der Waals surface area contributed by atoms with Gasteiger partial charge < -0.3 is 4.74 Å². The Morgan fingerprint density at radius 2 is 2.12 bits per heavy atom. The van der Waals surface area contributed by atoms with Gasteiger partial charge in [0.25, 0.3) is 0 Å². The number of benzene rings is 1. The first-order valence-corrected chi connectivity index (χ1v) is 5.88. The largest absolute Gasteiger partial charge is 0.370 e. The van der Waals surface area contributed by atoms with Crippen LogP contribution in [-0.4, -0.2) is 13.8 Å². The van der Waals surface area contributed by atoms with Gasteiger partial charge in [0.15, 0.2) is 0 Å². The van der Waals surface area contributed by atoms with Crippen molar-refractivity contribution in [3.63, 3.8) is 0 Å². The van der Waals surface area contributed by atoms with Gasteiger partial charge in [0.1, 0.15) is 11.6 Å². The number of halogens is 3. The van der Waals surface area contributed by atoms with Gasteiger partial charge >= 0.3 is 0 Å². The lowest BCUT2D eigenvalue weighted by atomic mass is 10.0. The van der Waals surface area contributed by atoms with Gasteiger partial charge in [-0.2, -0.15) is 0 Å². The first-order valence-electron chi connectivity index (χ1n) is 5.50. The Kier molecular flexibility index (Phi) is 3.97. The molecular weight excluding hydrogens is 248 g/mol. The summed E-state index contributed by atoms with van der Waals surface area (Å²) in [4.78, 5) is 0. The van der Waals surface area contributed by atoms with Crippen LogP contribution in [0.1, 0.15) is 24.4 Å². The van der Waals surface area contributed by atoms with Crippen LogP contribution in [0.25, 0.3) is 0 Å². The van der Waals surface area contributed by atoms with Gasteiger partial charge in [0, 0.05) is 18.7 Å². The molecule has 0 bridgehead atoms. The zero-order valence-corrected chi connectivity index (χ0v) is 10.2. The molecule has 0 unspecified atom stereocenters. The molecule has 0 saturated heterocycles. The van der Waals surface area contributed by atoms with Crippen LogP contribution in [0.4, 0.5) is 8.78 Å². The molecule has 1 N–H and O–H groups in total. The van der Waals surface area contributed by atoms with Crippen LogP contribution in [0.15, 0.2) is 12.1 Å². The summed E-state index contributed by atoms with van der Waals surface area (Å²) in [5, 5.41) is 2.88. The third kappa shape index (κ3) is 2.94. The molecule has 2 rings (SSSR count). The van der Waals surface area contributed by atoms with E-state index in [4.69, 9.17) is 16.3 Å².